The van der Waals surface area contributed by atoms with Crippen molar-refractivity contribution in [3.05, 3.63) is 29.8 Å². The molecule has 1 unspecified atom stereocenters. The Balaban J connectivity index is 2.69. The number of nitriles is 2. The van der Waals surface area contributed by atoms with Gasteiger partial charge in [-0.1, -0.05) is 0 Å². The predicted octanol–water partition coefficient (Wildman–Crippen LogP) is 1.93. The molecule has 0 radical (unpaired) electrons. The van der Waals surface area contributed by atoms with Gasteiger partial charge in [0.15, 0.2) is 0 Å². The minimum absolute atomic E-state index is 0.358. The van der Waals surface area contributed by atoms with Crippen LogP contribution in [-0.4, -0.2) is 24.0 Å². The monoisotopic (exact) mass is 228 g/mol. The lowest BCUT2D eigenvalue weighted by Crippen LogP contribution is -2.37. The second-order valence-corrected chi connectivity index (χ2v) is 3.54. The van der Waals surface area contributed by atoms with Gasteiger partial charge in [-0.05, 0) is 31.2 Å². The van der Waals surface area contributed by atoms with E-state index in [1.165, 1.54) is 4.90 Å². The molecule has 1 rings (SSSR count). The van der Waals surface area contributed by atoms with Crippen LogP contribution in [0.25, 0.3) is 0 Å². The summed E-state index contributed by atoms with van der Waals surface area (Å²) in [6.07, 6.45) is 0. The molecule has 0 saturated heterocycles. The summed E-state index contributed by atoms with van der Waals surface area (Å²) in [5, 5.41) is 19.9. The van der Waals surface area contributed by atoms with E-state index in [2.05, 4.69) is 5.32 Å². The summed E-state index contributed by atoms with van der Waals surface area (Å²) < 4.78 is 0. The number of urea groups is 1. The first-order chi connectivity index (χ1) is 8.08. The van der Waals surface area contributed by atoms with Crippen molar-refractivity contribution in [2.24, 2.45) is 0 Å². The molecule has 1 atom stereocenters. The Bertz CT molecular complexity index is 481. The summed E-state index contributed by atoms with van der Waals surface area (Å²) in [5.41, 5.74) is 1.12. The van der Waals surface area contributed by atoms with Crippen LogP contribution >= 0.6 is 0 Å². The molecule has 0 heterocycles. The van der Waals surface area contributed by atoms with Crippen LogP contribution in [0.15, 0.2) is 24.3 Å². The molecule has 2 amide bonds. The Hall–Kier alpha value is -2.53. The molecule has 17 heavy (non-hydrogen) atoms. The van der Waals surface area contributed by atoms with Gasteiger partial charge in [-0.3, -0.25) is 0 Å². The van der Waals surface area contributed by atoms with Gasteiger partial charge >= 0.3 is 6.03 Å². The van der Waals surface area contributed by atoms with Gasteiger partial charge in [-0.25, -0.2) is 4.79 Å². The molecule has 0 aliphatic heterocycles. The minimum Gasteiger partial charge on any atom is -0.312 e. The first kappa shape index (κ1) is 12.5. The molecular formula is C12H12N4O. The van der Waals surface area contributed by atoms with Crippen molar-refractivity contribution in [3.8, 4) is 12.1 Å². The summed E-state index contributed by atoms with van der Waals surface area (Å²) in [7, 11) is 1.55. The van der Waals surface area contributed by atoms with Gasteiger partial charge in [0.25, 0.3) is 0 Å². The molecule has 0 bridgehead atoms. The highest BCUT2D eigenvalue weighted by atomic mass is 16.2. The van der Waals surface area contributed by atoms with Crippen molar-refractivity contribution in [1.29, 1.82) is 10.5 Å². The predicted molar refractivity (Wildman–Crippen MR) is 63.0 cm³/mol. The lowest BCUT2D eigenvalue weighted by Gasteiger charge is -2.19. The molecule has 0 spiro atoms. The van der Waals surface area contributed by atoms with E-state index in [4.69, 9.17) is 10.5 Å². The third kappa shape index (κ3) is 3.22. The number of hydrogen-bond donors (Lipinski definition) is 1. The standard InChI is InChI=1S/C12H12N4O/c1-9(7-13)16(2)12(17)15-11-5-3-10(8-14)4-6-11/h3-6,9H,1-2H3,(H,15,17). The van der Waals surface area contributed by atoms with Gasteiger partial charge in [0, 0.05) is 12.7 Å². The van der Waals surface area contributed by atoms with Gasteiger partial charge in [-0.15, -0.1) is 0 Å². The Morgan fingerprint density at radius 2 is 1.94 bits per heavy atom. The smallest absolute Gasteiger partial charge is 0.312 e. The Labute approximate surface area is 99.9 Å². The average Bonchev–Trinajstić information content (AvgIpc) is 2.37. The molecule has 0 saturated carbocycles. The van der Waals surface area contributed by atoms with Crippen molar-refractivity contribution < 1.29 is 4.79 Å². The van der Waals surface area contributed by atoms with Crippen molar-refractivity contribution in [3.63, 3.8) is 0 Å². The van der Waals surface area contributed by atoms with Crippen LogP contribution < -0.4 is 5.32 Å². The first-order valence-electron chi connectivity index (χ1n) is 5.02. The fourth-order valence-corrected chi connectivity index (χ4v) is 1.10. The summed E-state index contributed by atoms with van der Waals surface area (Å²) in [6, 6.07) is 9.62. The van der Waals surface area contributed by atoms with E-state index in [-0.39, 0.29) is 6.03 Å². The van der Waals surface area contributed by atoms with Crippen molar-refractivity contribution >= 4 is 11.7 Å². The number of nitrogens with zero attached hydrogens (tertiary/aromatic N) is 3. The normalized spacial score (nSPS) is 10.8. The lowest BCUT2D eigenvalue weighted by molar-refractivity contribution is 0.217. The zero-order valence-corrected chi connectivity index (χ0v) is 9.64. The zero-order chi connectivity index (χ0) is 12.8. The SMILES string of the molecule is CC(C#N)N(C)C(=O)Nc1ccc(C#N)cc1. The Morgan fingerprint density at radius 3 is 2.41 bits per heavy atom. The number of amides is 2. The third-order valence-corrected chi connectivity index (χ3v) is 2.35. The van der Waals surface area contributed by atoms with Gasteiger partial charge in [0.1, 0.15) is 6.04 Å². The van der Waals surface area contributed by atoms with E-state index >= 15 is 0 Å². The molecule has 5 nitrogen and oxygen atoms in total. The fraction of sp³-hybridized carbons (Fsp3) is 0.250. The van der Waals surface area contributed by atoms with Crippen LogP contribution in [0.5, 0.6) is 0 Å². The molecule has 1 aromatic rings. The topological polar surface area (TPSA) is 79.9 Å². The van der Waals surface area contributed by atoms with E-state index in [9.17, 15) is 4.79 Å². The zero-order valence-electron chi connectivity index (χ0n) is 9.64. The van der Waals surface area contributed by atoms with E-state index in [0.717, 1.165) is 0 Å². The second kappa shape index (κ2) is 5.53. The maximum Gasteiger partial charge on any atom is 0.322 e. The number of benzene rings is 1. The Kier molecular flexibility index (Phi) is 4.08. The van der Waals surface area contributed by atoms with E-state index < -0.39 is 6.04 Å². The van der Waals surface area contributed by atoms with Crippen molar-refractivity contribution in [1.82, 2.24) is 4.90 Å². The highest BCUT2D eigenvalue weighted by Gasteiger charge is 2.14. The van der Waals surface area contributed by atoms with E-state index in [1.807, 2.05) is 12.1 Å². The third-order valence-electron chi connectivity index (χ3n) is 2.35. The maximum atomic E-state index is 11.7. The van der Waals surface area contributed by atoms with Crippen LogP contribution in [0.4, 0.5) is 10.5 Å². The molecule has 1 N–H and O–H groups in total. The van der Waals surface area contributed by atoms with Gasteiger partial charge < -0.3 is 10.2 Å². The summed E-state index contributed by atoms with van der Waals surface area (Å²) in [5.74, 6) is 0. The molecule has 0 fully saturated rings. The lowest BCUT2D eigenvalue weighted by atomic mass is 10.2. The summed E-state index contributed by atoms with van der Waals surface area (Å²) >= 11 is 0. The molecule has 86 valence electrons. The Morgan fingerprint density at radius 1 is 1.35 bits per heavy atom. The van der Waals surface area contributed by atoms with E-state index in [0.29, 0.717) is 11.3 Å². The number of carbonyl (C=O) groups excluding carboxylic acids is 1. The fourth-order valence-electron chi connectivity index (χ4n) is 1.10. The van der Waals surface area contributed by atoms with Crippen molar-refractivity contribution in [2.75, 3.05) is 12.4 Å². The highest BCUT2D eigenvalue weighted by Crippen LogP contribution is 2.10. The summed E-state index contributed by atoms with van der Waals surface area (Å²) in [6.45, 7) is 1.64. The minimum atomic E-state index is -0.492. The average molecular weight is 228 g/mol. The molecule has 1 aromatic carbocycles. The van der Waals surface area contributed by atoms with Crippen LogP contribution in [0.3, 0.4) is 0 Å². The summed E-state index contributed by atoms with van der Waals surface area (Å²) in [4.78, 5) is 13.0. The number of hydrogen-bond acceptors (Lipinski definition) is 3. The second-order valence-electron chi connectivity index (χ2n) is 3.54. The number of nitrogens with one attached hydrogen (secondary N) is 1. The maximum absolute atomic E-state index is 11.7. The molecular weight excluding hydrogens is 216 g/mol. The van der Waals surface area contributed by atoms with Crippen LogP contribution in [-0.2, 0) is 0 Å². The van der Waals surface area contributed by atoms with Gasteiger partial charge in [0.2, 0.25) is 0 Å². The van der Waals surface area contributed by atoms with Crippen LogP contribution in [0.1, 0.15) is 12.5 Å². The molecule has 5 heteroatoms. The van der Waals surface area contributed by atoms with Gasteiger partial charge in [-0.2, -0.15) is 10.5 Å². The highest BCUT2D eigenvalue weighted by molar-refractivity contribution is 5.89. The molecule has 0 aromatic heterocycles. The van der Waals surface area contributed by atoms with Crippen LogP contribution in [0.2, 0.25) is 0 Å². The number of anilines is 1. The van der Waals surface area contributed by atoms with Crippen LogP contribution in [0, 0.1) is 22.7 Å². The number of rotatable bonds is 2. The van der Waals surface area contributed by atoms with E-state index in [1.54, 1.807) is 38.2 Å². The largest absolute Gasteiger partial charge is 0.322 e. The number of carbonyl (C=O) groups is 1. The molecule has 0 aliphatic carbocycles. The molecule has 0 aliphatic rings. The first-order valence-corrected chi connectivity index (χ1v) is 5.02. The quantitative estimate of drug-likeness (QED) is 0.839. The van der Waals surface area contributed by atoms with Gasteiger partial charge in [0.05, 0.1) is 17.7 Å². The van der Waals surface area contributed by atoms with Crippen molar-refractivity contribution in [2.45, 2.75) is 13.0 Å².